The first-order valence-electron chi connectivity index (χ1n) is 8.30. The van der Waals surface area contributed by atoms with E-state index in [1.165, 1.54) is 5.56 Å². The van der Waals surface area contributed by atoms with Crippen molar-refractivity contribution in [2.45, 2.75) is 44.6 Å². The number of nitrogens with one attached hydrogen (secondary N) is 2. The molecule has 5 heteroatoms. The van der Waals surface area contributed by atoms with Gasteiger partial charge >= 0.3 is 0 Å². The Balaban J connectivity index is 0.00000264. The maximum absolute atomic E-state index is 5.59. The Morgan fingerprint density at radius 1 is 1.26 bits per heavy atom. The lowest BCUT2D eigenvalue weighted by molar-refractivity contribution is 0.0513. The average Bonchev–Trinajstić information content (AvgIpc) is 2.60. The summed E-state index contributed by atoms with van der Waals surface area (Å²) in [4.78, 5) is 4.35. The van der Waals surface area contributed by atoms with E-state index < -0.39 is 0 Å². The number of nitrogens with zero attached hydrogens (tertiary/aromatic N) is 1. The van der Waals surface area contributed by atoms with Gasteiger partial charge < -0.3 is 15.4 Å². The molecular formula is C18H30IN3O. The second-order valence-electron chi connectivity index (χ2n) is 6.14. The summed E-state index contributed by atoms with van der Waals surface area (Å²) in [5.74, 6) is 0.885. The van der Waals surface area contributed by atoms with E-state index in [1.54, 1.807) is 0 Å². The molecule has 1 aromatic rings. The number of rotatable bonds is 5. The molecular weight excluding hydrogens is 401 g/mol. The molecule has 1 unspecified atom stereocenters. The van der Waals surface area contributed by atoms with E-state index in [2.05, 4.69) is 59.8 Å². The highest BCUT2D eigenvalue weighted by Gasteiger charge is 2.34. The van der Waals surface area contributed by atoms with Gasteiger partial charge in [-0.05, 0) is 31.7 Å². The zero-order valence-electron chi connectivity index (χ0n) is 14.5. The van der Waals surface area contributed by atoms with E-state index >= 15 is 0 Å². The smallest absolute Gasteiger partial charge is 0.191 e. The number of guanidine groups is 1. The molecule has 0 radical (unpaired) electrons. The van der Waals surface area contributed by atoms with E-state index in [0.717, 1.165) is 45.0 Å². The van der Waals surface area contributed by atoms with Gasteiger partial charge in [-0.15, -0.1) is 24.0 Å². The number of aliphatic imine (C=N–C) groups is 1. The van der Waals surface area contributed by atoms with Gasteiger partial charge in [0.2, 0.25) is 0 Å². The Morgan fingerprint density at radius 3 is 2.48 bits per heavy atom. The lowest BCUT2D eigenvalue weighted by atomic mass is 9.74. The fourth-order valence-corrected chi connectivity index (χ4v) is 2.90. The molecule has 1 aromatic carbocycles. The minimum atomic E-state index is 0. The topological polar surface area (TPSA) is 45.7 Å². The summed E-state index contributed by atoms with van der Waals surface area (Å²) in [5.41, 5.74) is 1.52. The van der Waals surface area contributed by atoms with Crippen molar-refractivity contribution in [2.24, 2.45) is 4.99 Å². The minimum Gasteiger partial charge on any atom is -0.381 e. The van der Waals surface area contributed by atoms with Gasteiger partial charge in [-0.25, -0.2) is 0 Å². The Morgan fingerprint density at radius 2 is 1.91 bits per heavy atom. The van der Waals surface area contributed by atoms with Gasteiger partial charge in [0.1, 0.15) is 0 Å². The monoisotopic (exact) mass is 431 g/mol. The van der Waals surface area contributed by atoms with Gasteiger partial charge in [0.15, 0.2) is 5.96 Å². The molecule has 1 fully saturated rings. The van der Waals surface area contributed by atoms with Crippen LogP contribution in [0.4, 0.5) is 0 Å². The Hall–Kier alpha value is -0.820. The van der Waals surface area contributed by atoms with Gasteiger partial charge in [-0.2, -0.15) is 0 Å². The zero-order chi connectivity index (χ0) is 15.8. The van der Waals surface area contributed by atoms with Crippen LogP contribution in [0.1, 0.15) is 38.7 Å². The molecule has 1 heterocycles. The SMILES string of the molecule is CCC(C)NC(=NC)NCC1(c2ccccc2)CCOCC1.I. The van der Waals surface area contributed by atoms with E-state index in [-0.39, 0.29) is 29.4 Å². The molecule has 0 aliphatic carbocycles. The number of ether oxygens (including phenoxy) is 1. The first-order chi connectivity index (χ1) is 10.7. The number of halogens is 1. The van der Waals surface area contributed by atoms with Crippen molar-refractivity contribution in [3.05, 3.63) is 35.9 Å². The molecule has 0 aromatic heterocycles. The molecule has 2 rings (SSSR count). The van der Waals surface area contributed by atoms with Crippen molar-refractivity contribution in [2.75, 3.05) is 26.8 Å². The van der Waals surface area contributed by atoms with Crippen LogP contribution in [0.3, 0.4) is 0 Å². The van der Waals surface area contributed by atoms with Crippen LogP contribution < -0.4 is 10.6 Å². The molecule has 1 aliphatic heterocycles. The van der Waals surface area contributed by atoms with Crippen molar-refractivity contribution in [3.63, 3.8) is 0 Å². The van der Waals surface area contributed by atoms with Crippen LogP contribution in [-0.4, -0.2) is 38.8 Å². The first-order valence-corrected chi connectivity index (χ1v) is 8.30. The third kappa shape index (κ3) is 5.64. The first kappa shape index (κ1) is 20.2. The molecule has 1 aliphatic rings. The summed E-state index contributed by atoms with van der Waals surface area (Å²) < 4.78 is 5.59. The van der Waals surface area contributed by atoms with Gasteiger partial charge in [0.05, 0.1) is 0 Å². The second kappa shape index (κ2) is 10.1. The highest BCUT2D eigenvalue weighted by molar-refractivity contribution is 14.0. The fraction of sp³-hybridized carbons (Fsp3) is 0.611. The van der Waals surface area contributed by atoms with Crippen LogP contribution in [-0.2, 0) is 10.2 Å². The second-order valence-corrected chi connectivity index (χ2v) is 6.14. The summed E-state index contributed by atoms with van der Waals surface area (Å²) in [5, 5.41) is 6.96. The average molecular weight is 431 g/mol. The van der Waals surface area contributed by atoms with Crippen molar-refractivity contribution in [3.8, 4) is 0 Å². The van der Waals surface area contributed by atoms with Crippen LogP contribution in [0.2, 0.25) is 0 Å². The predicted molar refractivity (Wildman–Crippen MR) is 108 cm³/mol. The van der Waals surface area contributed by atoms with Crippen LogP contribution in [0.25, 0.3) is 0 Å². The van der Waals surface area contributed by atoms with E-state index in [1.807, 2.05) is 7.05 Å². The molecule has 1 atom stereocenters. The van der Waals surface area contributed by atoms with E-state index in [4.69, 9.17) is 4.74 Å². The normalized spacial score (nSPS) is 18.7. The summed E-state index contributed by atoms with van der Waals surface area (Å²) in [6.07, 6.45) is 3.17. The predicted octanol–water partition coefficient (Wildman–Crippen LogP) is 3.32. The summed E-state index contributed by atoms with van der Waals surface area (Å²) in [6.45, 7) is 6.89. The zero-order valence-corrected chi connectivity index (χ0v) is 16.8. The third-order valence-corrected chi connectivity index (χ3v) is 4.65. The quantitative estimate of drug-likeness (QED) is 0.427. The molecule has 0 bridgehead atoms. The van der Waals surface area contributed by atoms with Crippen molar-refractivity contribution in [1.29, 1.82) is 0 Å². The molecule has 1 saturated heterocycles. The third-order valence-electron chi connectivity index (χ3n) is 4.65. The fourth-order valence-electron chi connectivity index (χ4n) is 2.90. The Bertz CT molecular complexity index is 472. The summed E-state index contributed by atoms with van der Waals surface area (Å²) in [7, 11) is 1.83. The van der Waals surface area contributed by atoms with Crippen LogP contribution in [0.5, 0.6) is 0 Å². The minimum absolute atomic E-state index is 0. The summed E-state index contributed by atoms with van der Waals surface area (Å²) in [6, 6.07) is 11.2. The Labute approximate surface area is 157 Å². The highest BCUT2D eigenvalue weighted by atomic mass is 127. The van der Waals surface area contributed by atoms with Crippen molar-refractivity contribution < 1.29 is 4.74 Å². The van der Waals surface area contributed by atoms with E-state index in [0.29, 0.717) is 6.04 Å². The van der Waals surface area contributed by atoms with Gasteiger partial charge in [-0.1, -0.05) is 37.3 Å². The lowest BCUT2D eigenvalue weighted by Crippen LogP contribution is -2.49. The van der Waals surface area contributed by atoms with Crippen molar-refractivity contribution >= 4 is 29.9 Å². The molecule has 23 heavy (non-hydrogen) atoms. The molecule has 130 valence electrons. The summed E-state index contributed by atoms with van der Waals surface area (Å²) >= 11 is 0. The lowest BCUT2D eigenvalue weighted by Gasteiger charge is -2.38. The standard InChI is InChI=1S/C18H29N3O.HI/c1-4-15(2)21-17(19-3)20-14-18(10-12-22-13-11-18)16-8-6-5-7-9-16;/h5-9,15H,4,10-14H2,1-3H3,(H2,19,20,21);1H. The Kier molecular flexibility index (Phi) is 8.91. The molecule has 4 nitrogen and oxygen atoms in total. The van der Waals surface area contributed by atoms with Crippen LogP contribution in [0.15, 0.2) is 35.3 Å². The molecule has 2 N–H and O–H groups in total. The number of hydrogen-bond donors (Lipinski definition) is 2. The van der Waals surface area contributed by atoms with Gasteiger partial charge in [-0.3, -0.25) is 4.99 Å². The maximum atomic E-state index is 5.59. The van der Waals surface area contributed by atoms with Crippen LogP contribution in [0, 0.1) is 0 Å². The molecule has 0 spiro atoms. The van der Waals surface area contributed by atoms with Gasteiger partial charge in [0, 0.05) is 38.3 Å². The maximum Gasteiger partial charge on any atom is 0.191 e. The largest absolute Gasteiger partial charge is 0.381 e. The van der Waals surface area contributed by atoms with E-state index in [9.17, 15) is 0 Å². The van der Waals surface area contributed by atoms with Crippen LogP contribution >= 0.6 is 24.0 Å². The highest BCUT2D eigenvalue weighted by Crippen LogP contribution is 2.34. The van der Waals surface area contributed by atoms with Crippen molar-refractivity contribution in [1.82, 2.24) is 10.6 Å². The number of hydrogen-bond acceptors (Lipinski definition) is 2. The molecule has 0 saturated carbocycles. The van der Waals surface area contributed by atoms with Gasteiger partial charge in [0.25, 0.3) is 0 Å². The molecule has 0 amide bonds. The number of benzene rings is 1.